The van der Waals surface area contributed by atoms with Crippen molar-refractivity contribution in [2.75, 3.05) is 17.2 Å². The maximum Gasteiger partial charge on any atom is 0.226 e. The Morgan fingerprint density at radius 1 is 1.17 bits per heavy atom. The molecule has 0 unspecified atom stereocenters. The quantitative estimate of drug-likeness (QED) is 0.676. The van der Waals surface area contributed by atoms with Crippen LogP contribution >= 0.6 is 11.3 Å². The molecule has 0 aliphatic rings. The van der Waals surface area contributed by atoms with E-state index >= 15 is 0 Å². The van der Waals surface area contributed by atoms with Crippen LogP contribution in [0.4, 0.5) is 11.1 Å². The summed E-state index contributed by atoms with van der Waals surface area (Å²) >= 11 is 1.45. The minimum Gasteiger partial charge on any atom is -0.354 e. The van der Waals surface area contributed by atoms with Crippen molar-refractivity contribution < 1.29 is 4.79 Å². The SMILES string of the molecule is CCCCc1nnc(NC(=O)CCCNc2nc(C)cc(C)n2)s1. The van der Waals surface area contributed by atoms with Crippen LogP contribution in [0.1, 0.15) is 49.0 Å². The molecule has 2 heterocycles. The summed E-state index contributed by atoms with van der Waals surface area (Å²) < 4.78 is 0. The van der Waals surface area contributed by atoms with Gasteiger partial charge in [0.25, 0.3) is 0 Å². The second-order valence-electron chi connectivity index (χ2n) is 5.66. The zero-order valence-electron chi connectivity index (χ0n) is 14.4. The molecule has 0 spiro atoms. The molecule has 2 aromatic heterocycles. The molecule has 2 aromatic rings. The van der Waals surface area contributed by atoms with Crippen LogP contribution < -0.4 is 10.6 Å². The summed E-state index contributed by atoms with van der Waals surface area (Å²) in [7, 11) is 0. The first-order valence-electron chi connectivity index (χ1n) is 8.25. The van der Waals surface area contributed by atoms with Gasteiger partial charge in [0.2, 0.25) is 17.0 Å². The second-order valence-corrected chi connectivity index (χ2v) is 6.72. The molecule has 0 aromatic carbocycles. The number of nitrogens with zero attached hydrogens (tertiary/aromatic N) is 4. The van der Waals surface area contributed by atoms with Gasteiger partial charge in [-0.2, -0.15) is 0 Å². The minimum absolute atomic E-state index is 0.0451. The predicted octanol–water partition coefficient (Wildman–Crippen LogP) is 3.12. The number of aromatic nitrogens is 4. The Hall–Kier alpha value is -2.09. The van der Waals surface area contributed by atoms with E-state index in [1.807, 2.05) is 19.9 Å². The highest BCUT2D eigenvalue weighted by Gasteiger charge is 2.08. The average Bonchev–Trinajstić information content (AvgIpc) is 2.96. The minimum atomic E-state index is -0.0451. The molecule has 24 heavy (non-hydrogen) atoms. The van der Waals surface area contributed by atoms with E-state index in [-0.39, 0.29) is 5.91 Å². The molecule has 1 amide bonds. The average molecular weight is 348 g/mol. The van der Waals surface area contributed by atoms with Gasteiger partial charge in [0, 0.05) is 30.8 Å². The zero-order valence-corrected chi connectivity index (χ0v) is 15.2. The van der Waals surface area contributed by atoms with Crippen molar-refractivity contribution in [3.05, 3.63) is 22.5 Å². The Labute approximate surface area is 146 Å². The maximum atomic E-state index is 11.9. The summed E-state index contributed by atoms with van der Waals surface area (Å²) in [6.07, 6.45) is 4.25. The topological polar surface area (TPSA) is 92.7 Å². The largest absolute Gasteiger partial charge is 0.354 e. The van der Waals surface area contributed by atoms with Gasteiger partial charge < -0.3 is 10.6 Å². The van der Waals surface area contributed by atoms with E-state index < -0.39 is 0 Å². The Kier molecular flexibility index (Phi) is 7.05. The lowest BCUT2D eigenvalue weighted by Gasteiger charge is -2.06. The van der Waals surface area contributed by atoms with Gasteiger partial charge in [0.15, 0.2) is 0 Å². The molecule has 0 saturated heterocycles. The number of hydrogen-bond donors (Lipinski definition) is 2. The number of anilines is 2. The number of rotatable bonds is 9. The highest BCUT2D eigenvalue weighted by atomic mass is 32.1. The van der Waals surface area contributed by atoms with Crippen molar-refractivity contribution in [2.45, 2.75) is 52.9 Å². The molecule has 0 aliphatic carbocycles. The van der Waals surface area contributed by atoms with Crippen LogP contribution in [-0.4, -0.2) is 32.6 Å². The lowest BCUT2D eigenvalue weighted by molar-refractivity contribution is -0.116. The zero-order chi connectivity index (χ0) is 17.4. The van der Waals surface area contributed by atoms with Gasteiger partial charge >= 0.3 is 0 Å². The highest BCUT2D eigenvalue weighted by Crippen LogP contribution is 2.17. The van der Waals surface area contributed by atoms with E-state index in [9.17, 15) is 4.79 Å². The smallest absolute Gasteiger partial charge is 0.226 e. The monoisotopic (exact) mass is 348 g/mol. The van der Waals surface area contributed by atoms with Crippen molar-refractivity contribution in [3.8, 4) is 0 Å². The van der Waals surface area contributed by atoms with Crippen LogP contribution in [0.3, 0.4) is 0 Å². The van der Waals surface area contributed by atoms with Crippen molar-refractivity contribution in [1.82, 2.24) is 20.2 Å². The van der Waals surface area contributed by atoms with Gasteiger partial charge in [0.1, 0.15) is 5.01 Å². The molecule has 0 radical (unpaired) electrons. The van der Waals surface area contributed by atoms with Crippen molar-refractivity contribution in [3.63, 3.8) is 0 Å². The van der Waals surface area contributed by atoms with Crippen molar-refractivity contribution in [2.24, 2.45) is 0 Å². The molecular formula is C16H24N6OS. The fourth-order valence-electron chi connectivity index (χ4n) is 2.17. The van der Waals surface area contributed by atoms with Crippen molar-refractivity contribution >= 4 is 28.3 Å². The first kappa shape index (κ1) is 18.3. The molecule has 0 bridgehead atoms. The summed E-state index contributed by atoms with van der Waals surface area (Å²) in [4.78, 5) is 20.5. The van der Waals surface area contributed by atoms with E-state index in [1.54, 1.807) is 0 Å². The van der Waals surface area contributed by atoms with Gasteiger partial charge in [-0.05, 0) is 32.8 Å². The van der Waals surface area contributed by atoms with Crippen LogP contribution in [0, 0.1) is 13.8 Å². The predicted molar refractivity (Wildman–Crippen MR) is 96.4 cm³/mol. The van der Waals surface area contributed by atoms with Gasteiger partial charge in [-0.3, -0.25) is 4.79 Å². The summed E-state index contributed by atoms with van der Waals surface area (Å²) in [6.45, 7) is 6.66. The Bertz CT molecular complexity index is 652. The third-order valence-electron chi connectivity index (χ3n) is 3.30. The Morgan fingerprint density at radius 2 is 1.92 bits per heavy atom. The fourth-order valence-corrected chi connectivity index (χ4v) is 2.97. The molecule has 0 fully saturated rings. The van der Waals surface area contributed by atoms with Crippen LogP contribution in [0.15, 0.2) is 6.07 Å². The summed E-state index contributed by atoms with van der Waals surface area (Å²) in [5.74, 6) is 0.564. The molecule has 2 rings (SSSR count). The maximum absolute atomic E-state index is 11.9. The summed E-state index contributed by atoms with van der Waals surface area (Å²) in [6, 6.07) is 1.93. The third-order valence-corrected chi connectivity index (χ3v) is 4.20. The van der Waals surface area contributed by atoms with E-state index in [2.05, 4.69) is 37.7 Å². The molecule has 8 heteroatoms. The van der Waals surface area contributed by atoms with Gasteiger partial charge in [-0.1, -0.05) is 24.7 Å². The normalized spacial score (nSPS) is 10.6. The van der Waals surface area contributed by atoms with Gasteiger partial charge in [-0.15, -0.1) is 10.2 Å². The molecule has 0 aliphatic heterocycles. The lowest BCUT2D eigenvalue weighted by atomic mass is 10.3. The molecule has 0 saturated carbocycles. The molecular weight excluding hydrogens is 324 g/mol. The Morgan fingerprint density at radius 3 is 2.62 bits per heavy atom. The van der Waals surface area contributed by atoms with Crippen LogP contribution in [0.2, 0.25) is 0 Å². The van der Waals surface area contributed by atoms with E-state index in [4.69, 9.17) is 0 Å². The lowest BCUT2D eigenvalue weighted by Crippen LogP contribution is -2.14. The number of unbranched alkanes of at least 4 members (excludes halogenated alkanes) is 1. The third kappa shape index (κ3) is 6.19. The first-order valence-corrected chi connectivity index (χ1v) is 9.07. The van der Waals surface area contributed by atoms with E-state index in [1.165, 1.54) is 11.3 Å². The van der Waals surface area contributed by atoms with Crippen LogP contribution in [-0.2, 0) is 11.2 Å². The number of carbonyl (C=O) groups excluding carboxylic acids is 1. The first-order chi connectivity index (χ1) is 11.6. The number of amides is 1. The standard InChI is InChI=1S/C16H24N6OS/c1-4-5-8-14-21-22-16(24-14)20-13(23)7-6-9-17-15-18-11(2)10-12(3)19-15/h10H,4-9H2,1-3H3,(H,17,18,19)(H,20,22,23). The molecule has 0 atom stereocenters. The van der Waals surface area contributed by atoms with Crippen LogP contribution in [0.25, 0.3) is 0 Å². The summed E-state index contributed by atoms with van der Waals surface area (Å²) in [5.41, 5.74) is 1.86. The summed E-state index contributed by atoms with van der Waals surface area (Å²) in [5, 5.41) is 15.6. The fraction of sp³-hybridized carbons (Fsp3) is 0.562. The Balaban J connectivity index is 1.68. The second kappa shape index (κ2) is 9.27. The van der Waals surface area contributed by atoms with Crippen molar-refractivity contribution in [1.29, 1.82) is 0 Å². The number of nitrogens with one attached hydrogen (secondary N) is 2. The van der Waals surface area contributed by atoms with Crippen LogP contribution in [0.5, 0.6) is 0 Å². The molecule has 7 nitrogen and oxygen atoms in total. The number of aryl methyl sites for hydroxylation is 3. The van der Waals surface area contributed by atoms with E-state index in [0.29, 0.717) is 30.5 Å². The van der Waals surface area contributed by atoms with Gasteiger partial charge in [0.05, 0.1) is 0 Å². The molecule has 130 valence electrons. The molecule has 2 N–H and O–H groups in total. The number of hydrogen-bond acceptors (Lipinski definition) is 7. The highest BCUT2D eigenvalue weighted by molar-refractivity contribution is 7.15. The van der Waals surface area contributed by atoms with Gasteiger partial charge in [-0.25, -0.2) is 9.97 Å². The number of carbonyl (C=O) groups is 1. The van der Waals surface area contributed by atoms with E-state index in [0.717, 1.165) is 35.7 Å².